The predicted octanol–water partition coefficient (Wildman–Crippen LogP) is 1.19. The highest BCUT2D eigenvalue weighted by molar-refractivity contribution is 7.81. The molecule has 0 aliphatic carbocycles. The molecule has 2 N–H and O–H groups in total. The van der Waals surface area contributed by atoms with E-state index in [1.54, 1.807) is 6.07 Å². The molecule has 0 bridgehead atoms. The van der Waals surface area contributed by atoms with Crippen LogP contribution in [-0.4, -0.2) is 15.7 Å². The van der Waals surface area contributed by atoms with Crippen molar-refractivity contribution in [1.29, 1.82) is 0 Å². The van der Waals surface area contributed by atoms with E-state index in [0.29, 0.717) is 0 Å². The van der Waals surface area contributed by atoms with Crippen LogP contribution in [0.4, 0.5) is 5.69 Å². The lowest BCUT2D eigenvalue weighted by atomic mass is 10.1. The van der Waals surface area contributed by atoms with Crippen LogP contribution in [0.3, 0.4) is 0 Å². The molecule has 0 fully saturated rings. The van der Waals surface area contributed by atoms with E-state index < -0.39 is 10.8 Å². The number of thiocarbonyl (C=S) groups is 1. The number of carbonyl (C=O) groups excluding carboxylic acids is 1. The Labute approximate surface area is 91.0 Å². The van der Waals surface area contributed by atoms with Crippen LogP contribution in [0.15, 0.2) is 24.3 Å². The summed E-state index contributed by atoms with van der Waals surface area (Å²) in [6, 6.07) is 6.00. The quantitative estimate of drug-likeness (QED) is 0.360. The number of carbonyl (C=O) groups is 1. The average molecular weight is 224 g/mol. The molecule has 78 valence electrons. The van der Waals surface area contributed by atoms with Crippen LogP contribution < -0.4 is 5.73 Å². The average Bonchev–Trinajstić information content (AvgIpc) is 2.16. The number of benzene rings is 1. The first-order chi connectivity index (χ1) is 7.02. The molecule has 15 heavy (non-hydrogen) atoms. The first kappa shape index (κ1) is 11.3. The second kappa shape index (κ2) is 4.61. The monoisotopic (exact) mass is 224 g/mol. The van der Waals surface area contributed by atoms with Gasteiger partial charge in [0, 0.05) is 10.9 Å². The summed E-state index contributed by atoms with van der Waals surface area (Å²) >= 11 is 4.90. The zero-order valence-electron chi connectivity index (χ0n) is 7.67. The van der Waals surface area contributed by atoms with Crippen LogP contribution >= 0.6 is 12.2 Å². The lowest BCUT2D eigenvalue weighted by molar-refractivity contribution is -0.385. The van der Waals surface area contributed by atoms with E-state index in [9.17, 15) is 14.9 Å². The number of nitrogens with zero attached hydrogens (tertiary/aromatic N) is 1. The molecule has 0 radical (unpaired) electrons. The number of hydrogen-bond acceptors (Lipinski definition) is 4. The Morgan fingerprint density at radius 1 is 1.47 bits per heavy atom. The summed E-state index contributed by atoms with van der Waals surface area (Å²) in [4.78, 5) is 20.9. The highest BCUT2D eigenvalue weighted by Crippen LogP contribution is 2.19. The summed E-state index contributed by atoms with van der Waals surface area (Å²) in [7, 11) is 0. The van der Waals surface area contributed by atoms with Crippen LogP contribution in [0.1, 0.15) is 12.0 Å². The molecule has 1 amide bonds. The number of rotatable bonds is 4. The van der Waals surface area contributed by atoms with Crippen LogP contribution in [0.2, 0.25) is 0 Å². The van der Waals surface area contributed by atoms with E-state index >= 15 is 0 Å². The molecule has 0 saturated heterocycles. The standard InChI is InChI=1S/C9H8N2O3S/c10-9(12)5-8(15)6-3-1-2-4-7(6)11(13)14/h1-4H,5H2,(H2,10,12). The van der Waals surface area contributed by atoms with Crippen molar-refractivity contribution in [1.82, 2.24) is 0 Å². The zero-order chi connectivity index (χ0) is 11.4. The van der Waals surface area contributed by atoms with Gasteiger partial charge in [-0.2, -0.15) is 0 Å². The van der Waals surface area contributed by atoms with Gasteiger partial charge in [-0.3, -0.25) is 14.9 Å². The SMILES string of the molecule is NC(=O)CC(=S)c1ccccc1[N+](=O)[O-]. The molecule has 0 heterocycles. The van der Waals surface area contributed by atoms with E-state index in [-0.39, 0.29) is 22.5 Å². The fourth-order valence-corrected chi connectivity index (χ4v) is 1.44. The highest BCUT2D eigenvalue weighted by atomic mass is 32.1. The van der Waals surface area contributed by atoms with Crippen LogP contribution in [-0.2, 0) is 4.79 Å². The maximum atomic E-state index is 10.6. The summed E-state index contributed by atoms with van der Waals surface area (Å²) in [6.45, 7) is 0. The number of nitrogens with two attached hydrogens (primary N) is 1. The Morgan fingerprint density at radius 3 is 2.60 bits per heavy atom. The molecule has 0 spiro atoms. The van der Waals surface area contributed by atoms with Crippen molar-refractivity contribution >= 4 is 28.7 Å². The van der Waals surface area contributed by atoms with Crippen LogP contribution in [0.5, 0.6) is 0 Å². The van der Waals surface area contributed by atoms with Gasteiger partial charge in [-0.25, -0.2) is 0 Å². The molecule has 0 aromatic heterocycles. The molecule has 1 aromatic rings. The third kappa shape index (κ3) is 2.81. The number of nitro benzene ring substituents is 1. The van der Waals surface area contributed by atoms with Crippen LogP contribution in [0.25, 0.3) is 0 Å². The van der Waals surface area contributed by atoms with Gasteiger partial charge in [0.25, 0.3) is 5.69 Å². The number of para-hydroxylation sites is 1. The van der Waals surface area contributed by atoms with Gasteiger partial charge < -0.3 is 5.73 Å². The van der Waals surface area contributed by atoms with Gasteiger partial charge in [0.05, 0.1) is 16.9 Å². The lowest BCUT2D eigenvalue weighted by Gasteiger charge is -2.02. The Balaban J connectivity index is 3.08. The third-order valence-corrected chi connectivity index (χ3v) is 2.10. The summed E-state index contributed by atoms with van der Waals surface area (Å²) in [5.74, 6) is -0.599. The van der Waals surface area contributed by atoms with Crippen molar-refractivity contribution < 1.29 is 9.72 Å². The number of hydrogen-bond donors (Lipinski definition) is 1. The molecule has 1 aromatic carbocycles. The van der Waals surface area contributed by atoms with Crippen molar-refractivity contribution in [2.45, 2.75) is 6.42 Å². The summed E-state index contributed by atoms with van der Waals surface area (Å²) < 4.78 is 0. The fraction of sp³-hybridized carbons (Fsp3) is 0.111. The fourth-order valence-electron chi connectivity index (χ4n) is 1.12. The molecule has 0 atom stereocenters. The number of primary amides is 1. The van der Waals surface area contributed by atoms with E-state index in [1.165, 1.54) is 18.2 Å². The van der Waals surface area contributed by atoms with Crippen LogP contribution in [0, 0.1) is 10.1 Å². The first-order valence-electron chi connectivity index (χ1n) is 4.07. The maximum absolute atomic E-state index is 10.6. The van der Waals surface area contributed by atoms with Crippen molar-refractivity contribution in [3.05, 3.63) is 39.9 Å². The number of amides is 1. The minimum absolute atomic E-state index is 0.108. The summed E-state index contributed by atoms with van der Waals surface area (Å²) in [5.41, 5.74) is 5.13. The maximum Gasteiger partial charge on any atom is 0.277 e. The van der Waals surface area contributed by atoms with Gasteiger partial charge in [0.2, 0.25) is 5.91 Å². The van der Waals surface area contributed by atoms with Crippen molar-refractivity contribution in [2.75, 3.05) is 0 Å². The van der Waals surface area contributed by atoms with Gasteiger partial charge in [-0.1, -0.05) is 24.4 Å². The van der Waals surface area contributed by atoms with E-state index in [1.807, 2.05) is 0 Å². The molecule has 1 rings (SSSR count). The number of nitro groups is 1. The topological polar surface area (TPSA) is 86.2 Å². The molecular weight excluding hydrogens is 216 g/mol. The minimum Gasteiger partial charge on any atom is -0.369 e. The molecule has 0 aliphatic heterocycles. The highest BCUT2D eigenvalue weighted by Gasteiger charge is 2.16. The van der Waals surface area contributed by atoms with E-state index in [4.69, 9.17) is 18.0 Å². The second-order valence-electron chi connectivity index (χ2n) is 2.84. The van der Waals surface area contributed by atoms with Gasteiger partial charge >= 0.3 is 0 Å². The molecular formula is C9H8N2O3S. The Kier molecular flexibility index (Phi) is 3.46. The minimum atomic E-state index is -0.599. The zero-order valence-corrected chi connectivity index (χ0v) is 8.49. The van der Waals surface area contributed by atoms with Crippen molar-refractivity contribution in [3.8, 4) is 0 Å². The largest absolute Gasteiger partial charge is 0.369 e. The summed E-state index contributed by atoms with van der Waals surface area (Å²) in [6.07, 6.45) is -0.153. The van der Waals surface area contributed by atoms with Gasteiger partial charge in [-0.15, -0.1) is 0 Å². The first-order valence-corrected chi connectivity index (χ1v) is 4.48. The molecule has 6 heteroatoms. The van der Waals surface area contributed by atoms with E-state index in [0.717, 1.165) is 0 Å². The Morgan fingerprint density at radius 2 is 2.07 bits per heavy atom. The third-order valence-electron chi connectivity index (χ3n) is 1.74. The molecule has 0 aliphatic rings. The summed E-state index contributed by atoms with van der Waals surface area (Å²) in [5, 5.41) is 10.6. The van der Waals surface area contributed by atoms with E-state index in [2.05, 4.69) is 0 Å². The molecule has 0 unspecified atom stereocenters. The Hall–Kier alpha value is -1.82. The van der Waals surface area contributed by atoms with Gasteiger partial charge in [0.15, 0.2) is 0 Å². The lowest BCUT2D eigenvalue weighted by Crippen LogP contribution is -2.16. The normalized spacial score (nSPS) is 9.60. The second-order valence-corrected chi connectivity index (χ2v) is 3.33. The predicted molar refractivity (Wildman–Crippen MR) is 58.6 cm³/mol. The van der Waals surface area contributed by atoms with Gasteiger partial charge in [-0.05, 0) is 6.07 Å². The van der Waals surface area contributed by atoms with Gasteiger partial charge in [0.1, 0.15) is 0 Å². The Bertz CT molecular complexity index is 431. The van der Waals surface area contributed by atoms with Crippen molar-refractivity contribution in [3.63, 3.8) is 0 Å². The smallest absolute Gasteiger partial charge is 0.277 e. The molecule has 0 saturated carbocycles. The molecule has 5 nitrogen and oxygen atoms in total. The van der Waals surface area contributed by atoms with Crippen molar-refractivity contribution in [2.24, 2.45) is 5.73 Å².